The molecule has 0 aliphatic rings. The molecule has 0 aliphatic heterocycles. The maximum absolute atomic E-state index is 13.4. The standard InChI is InChI=1S/C16H16FNO2/c1-2-9-20-15-8-7-11(17)10-13(15)16(19)12-5-3-4-6-14(12)18/h3-8,10H,2,9,18H2,1H3. The molecule has 0 spiro atoms. The van der Waals surface area contributed by atoms with E-state index in [0.29, 0.717) is 23.6 Å². The number of nitrogens with two attached hydrogens (primary N) is 1. The number of anilines is 1. The largest absolute Gasteiger partial charge is 0.493 e. The number of ketones is 1. The van der Waals surface area contributed by atoms with Gasteiger partial charge in [0.15, 0.2) is 5.78 Å². The van der Waals surface area contributed by atoms with E-state index in [9.17, 15) is 9.18 Å². The molecule has 4 heteroatoms. The Morgan fingerprint density at radius 3 is 2.65 bits per heavy atom. The minimum Gasteiger partial charge on any atom is -0.493 e. The van der Waals surface area contributed by atoms with E-state index in [4.69, 9.17) is 10.5 Å². The maximum atomic E-state index is 13.4. The lowest BCUT2D eigenvalue weighted by Crippen LogP contribution is -2.09. The van der Waals surface area contributed by atoms with Crippen LogP contribution in [0.1, 0.15) is 29.3 Å². The van der Waals surface area contributed by atoms with Gasteiger partial charge in [-0.15, -0.1) is 0 Å². The van der Waals surface area contributed by atoms with Gasteiger partial charge in [-0.1, -0.05) is 19.1 Å². The fraction of sp³-hybridized carbons (Fsp3) is 0.188. The number of carbonyl (C=O) groups is 1. The van der Waals surface area contributed by atoms with Crippen LogP contribution in [0.5, 0.6) is 5.75 Å². The predicted octanol–water partition coefficient (Wildman–Crippen LogP) is 3.43. The van der Waals surface area contributed by atoms with Crippen LogP contribution >= 0.6 is 0 Å². The Labute approximate surface area is 117 Å². The maximum Gasteiger partial charge on any atom is 0.198 e. The van der Waals surface area contributed by atoms with E-state index in [0.717, 1.165) is 6.42 Å². The van der Waals surface area contributed by atoms with Crippen molar-refractivity contribution in [3.05, 3.63) is 59.4 Å². The molecular weight excluding hydrogens is 257 g/mol. The molecule has 0 radical (unpaired) electrons. The highest BCUT2D eigenvalue weighted by molar-refractivity contribution is 6.13. The Hall–Kier alpha value is -2.36. The molecule has 0 saturated carbocycles. The summed E-state index contributed by atoms with van der Waals surface area (Å²) in [6.07, 6.45) is 0.804. The number of hydrogen-bond donors (Lipinski definition) is 1. The van der Waals surface area contributed by atoms with E-state index in [-0.39, 0.29) is 11.3 Å². The zero-order valence-electron chi connectivity index (χ0n) is 11.2. The third kappa shape index (κ3) is 2.96. The molecule has 2 rings (SSSR count). The summed E-state index contributed by atoms with van der Waals surface area (Å²) in [6.45, 7) is 2.43. The quantitative estimate of drug-likeness (QED) is 0.670. The lowest BCUT2D eigenvalue weighted by molar-refractivity contribution is 0.103. The number of nitrogen functional groups attached to an aromatic ring is 1. The highest BCUT2D eigenvalue weighted by atomic mass is 19.1. The van der Waals surface area contributed by atoms with Crippen LogP contribution in [0.2, 0.25) is 0 Å². The summed E-state index contributed by atoms with van der Waals surface area (Å²) in [5, 5.41) is 0. The number of ether oxygens (including phenoxy) is 1. The molecule has 0 aromatic heterocycles. The molecule has 0 atom stereocenters. The van der Waals surface area contributed by atoms with Crippen LogP contribution < -0.4 is 10.5 Å². The molecule has 0 unspecified atom stereocenters. The second kappa shape index (κ2) is 6.19. The SMILES string of the molecule is CCCOc1ccc(F)cc1C(=O)c1ccccc1N. The van der Waals surface area contributed by atoms with Crippen molar-refractivity contribution < 1.29 is 13.9 Å². The van der Waals surface area contributed by atoms with Crippen molar-refractivity contribution in [2.24, 2.45) is 0 Å². The number of rotatable bonds is 5. The minimum atomic E-state index is -0.480. The molecular formula is C16H16FNO2. The first-order valence-corrected chi connectivity index (χ1v) is 6.45. The van der Waals surface area contributed by atoms with Crippen molar-refractivity contribution in [1.29, 1.82) is 0 Å². The van der Waals surface area contributed by atoms with E-state index in [1.165, 1.54) is 18.2 Å². The van der Waals surface area contributed by atoms with Crippen molar-refractivity contribution in [2.75, 3.05) is 12.3 Å². The fourth-order valence-electron chi connectivity index (χ4n) is 1.87. The van der Waals surface area contributed by atoms with E-state index < -0.39 is 5.82 Å². The molecule has 0 aliphatic carbocycles. The van der Waals surface area contributed by atoms with Gasteiger partial charge in [0.25, 0.3) is 0 Å². The Balaban J connectivity index is 2.43. The van der Waals surface area contributed by atoms with Gasteiger partial charge in [-0.05, 0) is 36.8 Å². The zero-order valence-corrected chi connectivity index (χ0v) is 11.2. The van der Waals surface area contributed by atoms with Crippen molar-refractivity contribution >= 4 is 11.5 Å². The van der Waals surface area contributed by atoms with E-state index in [2.05, 4.69) is 0 Å². The molecule has 0 heterocycles. The highest BCUT2D eigenvalue weighted by Crippen LogP contribution is 2.25. The minimum absolute atomic E-state index is 0.191. The first-order valence-electron chi connectivity index (χ1n) is 6.45. The van der Waals surface area contributed by atoms with Crippen LogP contribution in [0, 0.1) is 5.82 Å². The van der Waals surface area contributed by atoms with Gasteiger partial charge in [0, 0.05) is 11.3 Å². The smallest absolute Gasteiger partial charge is 0.198 e. The first-order chi connectivity index (χ1) is 9.63. The summed E-state index contributed by atoms with van der Waals surface area (Å²) in [5.74, 6) is -0.443. The summed E-state index contributed by atoms with van der Waals surface area (Å²) in [4.78, 5) is 12.5. The Bertz CT molecular complexity index is 626. The molecule has 0 fully saturated rings. The third-order valence-corrected chi connectivity index (χ3v) is 2.85. The summed E-state index contributed by atoms with van der Waals surface area (Å²) in [5.41, 5.74) is 6.69. The lowest BCUT2D eigenvalue weighted by Gasteiger charge is -2.11. The number of carbonyl (C=O) groups excluding carboxylic acids is 1. The number of benzene rings is 2. The second-order valence-electron chi connectivity index (χ2n) is 4.41. The zero-order chi connectivity index (χ0) is 14.5. The van der Waals surface area contributed by atoms with Gasteiger partial charge >= 0.3 is 0 Å². The average Bonchev–Trinajstić information content (AvgIpc) is 2.46. The summed E-state index contributed by atoms with van der Waals surface area (Å²) >= 11 is 0. The summed E-state index contributed by atoms with van der Waals surface area (Å²) in [6, 6.07) is 10.6. The Morgan fingerprint density at radius 1 is 1.20 bits per heavy atom. The molecule has 0 saturated heterocycles. The van der Waals surface area contributed by atoms with Crippen LogP contribution in [0.15, 0.2) is 42.5 Å². The molecule has 104 valence electrons. The number of halogens is 1. The lowest BCUT2D eigenvalue weighted by atomic mass is 10.0. The Morgan fingerprint density at radius 2 is 1.95 bits per heavy atom. The van der Waals surface area contributed by atoms with E-state index in [1.807, 2.05) is 6.92 Å². The van der Waals surface area contributed by atoms with Crippen molar-refractivity contribution in [2.45, 2.75) is 13.3 Å². The van der Waals surface area contributed by atoms with Gasteiger partial charge in [-0.2, -0.15) is 0 Å². The molecule has 2 aromatic carbocycles. The number of para-hydroxylation sites is 1. The highest BCUT2D eigenvalue weighted by Gasteiger charge is 2.17. The molecule has 0 amide bonds. The van der Waals surface area contributed by atoms with Crippen molar-refractivity contribution in [3.8, 4) is 5.75 Å². The van der Waals surface area contributed by atoms with E-state index in [1.54, 1.807) is 24.3 Å². The van der Waals surface area contributed by atoms with Crippen LogP contribution in [-0.4, -0.2) is 12.4 Å². The van der Waals surface area contributed by atoms with Crippen LogP contribution in [-0.2, 0) is 0 Å². The van der Waals surface area contributed by atoms with Crippen molar-refractivity contribution in [3.63, 3.8) is 0 Å². The normalized spacial score (nSPS) is 10.3. The van der Waals surface area contributed by atoms with Gasteiger partial charge in [-0.3, -0.25) is 4.79 Å². The van der Waals surface area contributed by atoms with Gasteiger partial charge < -0.3 is 10.5 Å². The molecule has 20 heavy (non-hydrogen) atoms. The molecule has 2 N–H and O–H groups in total. The van der Waals surface area contributed by atoms with Gasteiger partial charge in [0.1, 0.15) is 11.6 Å². The summed E-state index contributed by atoms with van der Waals surface area (Å²) < 4.78 is 18.9. The Kier molecular flexibility index (Phi) is 4.35. The first kappa shape index (κ1) is 14.1. The van der Waals surface area contributed by atoms with Crippen LogP contribution in [0.3, 0.4) is 0 Å². The second-order valence-corrected chi connectivity index (χ2v) is 4.41. The van der Waals surface area contributed by atoms with Gasteiger partial charge in [0.2, 0.25) is 0 Å². The topological polar surface area (TPSA) is 52.3 Å². The predicted molar refractivity (Wildman–Crippen MR) is 76.5 cm³/mol. The monoisotopic (exact) mass is 273 g/mol. The van der Waals surface area contributed by atoms with E-state index >= 15 is 0 Å². The average molecular weight is 273 g/mol. The van der Waals surface area contributed by atoms with Gasteiger partial charge in [-0.25, -0.2) is 4.39 Å². The van der Waals surface area contributed by atoms with Crippen molar-refractivity contribution in [1.82, 2.24) is 0 Å². The third-order valence-electron chi connectivity index (χ3n) is 2.85. The molecule has 0 bridgehead atoms. The van der Waals surface area contributed by atoms with Crippen LogP contribution in [0.25, 0.3) is 0 Å². The summed E-state index contributed by atoms with van der Waals surface area (Å²) in [7, 11) is 0. The molecule has 2 aromatic rings. The molecule has 3 nitrogen and oxygen atoms in total. The number of hydrogen-bond acceptors (Lipinski definition) is 3. The van der Waals surface area contributed by atoms with Gasteiger partial charge in [0.05, 0.1) is 12.2 Å². The van der Waals surface area contributed by atoms with Crippen LogP contribution in [0.4, 0.5) is 10.1 Å². The fourth-order valence-corrected chi connectivity index (χ4v) is 1.87.